The average molecular weight is 249 g/mol. The van der Waals surface area contributed by atoms with E-state index in [0.717, 1.165) is 32.6 Å². The van der Waals surface area contributed by atoms with E-state index in [2.05, 4.69) is 0 Å². The number of nitrogens with zero attached hydrogens (tertiary/aromatic N) is 1. The van der Waals surface area contributed by atoms with Gasteiger partial charge in [-0.1, -0.05) is 18.2 Å². The third-order valence-electron chi connectivity index (χ3n) is 3.13. The van der Waals surface area contributed by atoms with Gasteiger partial charge in [-0.25, -0.2) is 4.79 Å². The van der Waals surface area contributed by atoms with Crippen molar-refractivity contribution in [2.75, 3.05) is 26.8 Å². The lowest BCUT2D eigenvalue weighted by Gasteiger charge is -2.26. The number of rotatable bonds is 3. The van der Waals surface area contributed by atoms with E-state index in [1.807, 2.05) is 18.2 Å². The molecule has 2 rings (SSSR count). The van der Waals surface area contributed by atoms with Crippen molar-refractivity contribution in [2.24, 2.45) is 5.92 Å². The highest BCUT2D eigenvalue weighted by molar-refractivity contribution is 5.70. The van der Waals surface area contributed by atoms with Gasteiger partial charge in [-0.2, -0.15) is 0 Å². The van der Waals surface area contributed by atoms with Crippen LogP contribution in [-0.4, -0.2) is 37.8 Å². The molecule has 0 saturated carbocycles. The van der Waals surface area contributed by atoms with Crippen LogP contribution >= 0.6 is 0 Å². The number of carbonyl (C=O) groups is 1. The zero-order valence-corrected chi connectivity index (χ0v) is 10.7. The van der Waals surface area contributed by atoms with Crippen LogP contribution in [0.5, 0.6) is 5.75 Å². The Labute approximate surface area is 107 Å². The van der Waals surface area contributed by atoms with Gasteiger partial charge < -0.3 is 14.4 Å². The second-order valence-corrected chi connectivity index (χ2v) is 4.62. The van der Waals surface area contributed by atoms with Crippen molar-refractivity contribution in [1.82, 2.24) is 4.90 Å². The van der Waals surface area contributed by atoms with E-state index in [9.17, 15) is 4.79 Å². The first kappa shape index (κ1) is 12.9. The molecule has 1 aliphatic heterocycles. The number of amides is 1. The lowest BCUT2D eigenvalue weighted by Crippen LogP contribution is -2.35. The molecule has 1 heterocycles. The van der Waals surface area contributed by atoms with E-state index in [0.29, 0.717) is 11.7 Å². The highest BCUT2D eigenvalue weighted by Gasteiger charge is 2.19. The summed E-state index contributed by atoms with van der Waals surface area (Å²) in [5.41, 5.74) is 0. The lowest BCUT2D eigenvalue weighted by atomic mass is 10.0. The molecule has 1 aromatic carbocycles. The first-order valence-corrected chi connectivity index (χ1v) is 6.31. The molecular formula is C14H19NO3. The molecule has 0 aromatic heterocycles. The summed E-state index contributed by atoms with van der Waals surface area (Å²) in [6.07, 6.45) is 1.74. The number of benzene rings is 1. The summed E-state index contributed by atoms with van der Waals surface area (Å²) in [5.74, 6) is 1.11. The summed E-state index contributed by atoms with van der Waals surface area (Å²) < 4.78 is 10.6. The fourth-order valence-corrected chi connectivity index (χ4v) is 2.06. The summed E-state index contributed by atoms with van der Waals surface area (Å²) in [6, 6.07) is 9.14. The van der Waals surface area contributed by atoms with Gasteiger partial charge in [0.2, 0.25) is 0 Å². The maximum Gasteiger partial charge on any atom is 0.414 e. The van der Waals surface area contributed by atoms with Crippen molar-refractivity contribution in [2.45, 2.75) is 12.8 Å². The number of para-hydroxylation sites is 1. The van der Waals surface area contributed by atoms with Gasteiger partial charge in [-0.15, -0.1) is 0 Å². The molecule has 1 aromatic rings. The SMILES string of the molecule is CN(CC1CCOCC1)C(=O)Oc1ccccc1. The minimum absolute atomic E-state index is 0.298. The van der Waals surface area contributed by atoms with Gasteiger partial charge in [-0.3, -0.25) is 0 Å². The van der Waals surface area contributed by atoms with Crippen LogP contribution in [0.1, 0.15) is 12.8 Å². The van der Waals surface area contributed by atoms with Gasteiger partial charge in [0.25, 0.3) is 0 Å². The molecule has 0 N–H and O–H groups in total. The molecule has 4 heteroatoms. The third-order valence-corrected chi connectivity index (χ3v) is 3.13. The zero-order chi connectivity index (χ0) is 12.8. The number of hydrogen-bond acceptors (Lipinski definition) is 3. The van der Waals surface area contributed by atoms with Crippen molar-refractivity contribution < 1.29 is 14.3 Å². The van der Waals surface area contributed by atoms with Gasteiger partial charge in [0.05, 0.1) is 0 Å². The third kappa shape index (κ3) is 3.74. The van der Waals surface area contributed by atoms with Crippen molar-refractivity contribution in [3.8, 4) is 5.75 Å². The minimum atomic E-state index is -0.298. The number of ether oxygens (including phenoxy) is 2. The summed E-state index contributed by atoms with van der Waals surface area (Å²) in [6.45, 7) is 2.33. The van der Waals surface area contributed by atoms with Gasteiger partial charge in [-0.05, 0) is 30.9 Å². The Morgan fingerprint density at radius 3 is 2.67 bits per heavy atom. The molecular weight excluding hydrogens is 230 g/mol. The van der Waals surface area contributed by atoms with Crippen LogP contribution in [0.4, 0.5) is 4.79 Å². The molecule has 0 spiro atoms. The fourth-order valence-electron chi connectivity index (χ4n) is 2.06. The van der Waals surface area contributed by atoms with Gasteiger partial charge in [0.1, 0.15) is 5.75 Å². The van der Waals surface area contributed by atoms with Crippen molar-refractivity contribution in [3.63, 3.8) is 0 Å². The Kier molecular flexibility index (Phi) is 4.59. The van der Waals surface area contributed by atoms with Crippen LogP contribution in [0, 0.1) is 5.92 Å². The molecule has 0 radical (unpaired) electrons. The summed E-state index contributed by atoms with van der Waals surface area (Å²) in [5, 5.41) is 0. The predicted octanol–water partition coefficient (Wildman–Crippen LogP) is 2.54. The number of hydrogen-bond donors (Lipinski definition) is 0. The highest BCUT2D eigenvalue weighted by Crippen LogP contribution is 2.16. The largest absolute Gasteiger partial charge is 0.414 e. The molecule has 1 amide bonds. The second-order valence-electron chi connectivity index (χ2n) is 4.62. The van der Waals surface area contributed by atoms with E-state index < -0.39 is 0 Å². The van der Waals surface area contributed by atoms with Gasteiger partial charge in [0.15, 0.2) is 0 Å². The van der Waals surface area contributed by atoms with Crippen molar-refractivity contribution in [3.05, 3.63) is 30.3 Å². The Balaban J connectivity index is 1.81. The first-order chi connectivity index (χ1) is 8.75. The molecule has 0 aliphatic carbocycles. The minimum Gasteiger partial charge on any atom is -0.410 e. The van der Waals surface area contributed by atoms with E-state index >= 15 is 0 Å². The van der Waals surface area contributed by atoms with Crippen LogP contribution in [0.3, 0.4) is 0 Å². The first-order valence-electron chi connectivity index (χ1n) is 6.31. The monoisotopic (exact) mass is 249 g/mol. The standard InChI is InChI=1S/C14H19NO3/c1-15(11-12-7-9-17-10-8-12)14(16)18-13-5-3-2-4-6-13/h2-6,12H,7-11H2,1H3. The smallest absolute Gasteiger partial charge is 0.410 e. The van der Waals surface area contributed by atoms with Crippen molar-refractivity contribution in [1.29, 1.82) is 0 Å². The topological polar surface area (TPSA) is 38.8 Å². The van der Waals surface area contributed by atoms with Crippen LogP contribution < -0.4 is 4.74 Å². The van der Waals surface area contributed by atoms with E-state index in [1.165, 1.54) is 0 Å². The molecule has 0 atom stereocenters. The molecule has 1 saturated heterocycles. The van der Waals surface area contributed by atoms with Gasteiger partial charge >= 0.3 is 6.09 Å². The van der Waals surface area contributed by atoms with E-state index in [4.69, 9.17) is 9.47 Å². The molecule has 0 unspecified atom stereocenters. The van der Waals surface area contributed by atoms with Crippen LogP contribution in [-0.2, 0) is 4.74 Å². The second kappa shape index (κ2) is 6.40. The van der Waals surface area contributed by atoms with Crippen molar-refractivity contribution >= 4 is 6.09 Å². The van der Waals surface area contributed by atoms with Gasteiger partial charge in [0, 0.05) is 26.8 Å². The molecule has 18 heavy (non-hydrogen) atoms. The highest BCUT2D eigenvalue weighted by atomic mass is 16.6. The van der Waals surface area contributed by atoms with Crippen LogP contribution in [0.25, 0.3) is 0 Å². The zero-order valence-electron chi connectivity index (χ0n) is 10.7. The maximum atomic E-state index is 11.9. The van der Waals surface area contributed by atoms with Crippen LogP contribution in [0.15, 0.2) is 30.3 Å². The molecule has 1 aliphatic rings. The average Bonchev–Trinajstić information content (AvgIpc) is 2.41. The summed E-state index contributed by atoms with van der Waals surface area (Å²) >= 11 is 0. The molecule has 0 bridgehead atoms. The quantitative estimate of drug-likeness (QED) is 0.826. The fraction of sp³-hybridized carbons (Fsp3) is 0.500. The molecule has 1 fully saturated rings. The summed E-state index contributed by atoms with van der Waals surface area (Å²) in [4.78, 5) is 13.5. The Hall–Kier alpha value is -1.55. The predicted molar refractivity (Wildman–Crippen MR) is 68.6 cm³/mol. The Bertz CT molecular complexity index is 374. The van der Waals surface area contributed by atoms with Crippen LogP contribution in [0.2, 0.25) is 0 Å². The Morgan fingerprint density at radius 1 is 1.33 bits per heavy atom. The van der Waals surface area contributed by atoms with E-state index in [1.54, 1.807) is 24.1 Å². The number of carbonyl (C=O) groups excluding carboxylic acids is 1. The lowest BCUT2D eigenvalue weighted by molar-refractivity contribution is 0.0559. The maximum absolute atomic E-state index is 11.9. The Morgan fingerprint density at radius 2 is 2.00 bits per heavy atom. The normalized spacial score (nSPS) is 16.3. The molecule has 98 valence electrons. The molecule has 4 nitrogen and oxygen atoms in total. The summed E-state index contributed by atoms with van der Waals surface area (Å²) in [7, 11) is 1.78. The van der Waals surface area contributed by atoms with E-state index in [-0.39, 0.29) is 6.09 Å².